The van der Waals surface area contributed by atoms with Crippen LogP contribution in [0.3, 0.4) is 0 Å². The van der Waals surface area contributed by atoms with Crippen molar-refractivity contribution >= 4 is 23.0 Å². The molecular weight excluding hydrogens is 340 g/mol. The number of hydrogen-bond donors (Lipinski definition) is 2. The average Bonchev–Trinajstić information content (AvgIpc) is 2.69. The van der Waals surface area contributed by atoms with E-state index in [1.54, 1.807) is 11.8 Å². The molecule has 5 heteroatoms. The van der Waals surface area contributed by atoms with Crippen LogP contribution in [0.15, 0.2) is 47.0 Å². The fourth-order valence-corrected chi connectivity index (χ4v) is 4.08. The van der Waals surface area contributed by atoms with E-state index in [1.807, 2.05) is 32.3 Å². The fourth-order valence-electron chi connectivity index (χ4n) is 2.83. The lowest BCUT2D eigenvalue weighted by molar-refractivity contribution is 0.367. The summed E-state index contributed by atoms with van der Waals surface area (Å²) in [6.07, 6.45) is 3.73. The molecule has 0 saturated carbocycles. The summed E-state index contributed by atoms with van der Waals surface area (Å²) in [5, 5.41) is 3.57. The van der Waals surface area contributed by atoms with Crippen molar-refractivity contribution in [1.82, 2.24) is 9.88 Å². The second-order valence-corrected chi connectivity index (χ2v) is 7.01. The Morgan fingerprint density at radius 2 is 2.04 bits per heavy atom. The van der Waals surface area contributed by atoms with Crippen LogP contribution in [0.4, 0.5) is 5.69 Å². The molecule has 0 aliphatic carbocycles. The Morgan fingerprint density at radius 3 is 2.73 bits per heavy atom. The largest absolute Gasteiger partial charge is 0.383 e. The van der Waals surface area contributed by atoms with Crippen LogP contribution < -0.4 is 11.1 Å². The number of nitrogens with one attached hydrogen (secondary N) is 1. The normalized spacial score (nSPS) is 12.2. The molecule has 1 aliphatic heterocycles. The van der Waals surface area contributed by atoms with Crippen LogP contribution in [0.25, 0.3) is 5.57 Å². The summed E-state index contributed by atoms with van der Waals surface area (Å²) in [6, 6.07) is 6.29. The highest BCUT2D eigenvalue weighted by atomic mass is 32.2. The zero-order valence-corrected chi connectivity index (χ0v) is 17.1. The van der Waals surface area contributed by atoms with E-state index in [0.29, 0.717) is 6.54 Å². The molecule has 0 atom stereocenters. The topological polar surface area (TPSA) is 54.2 Å². The maximum absolute atomic E-state index is 5.96. The van der Waals surface area contributed by atoms with Crippen LogP contribution in [0.1, 0.15) is 37.5 Å². The minimum absolute atomic E-state index is 0.530. The van der Waals surface area contributed by atoms with Crippen LogP contribution in [0.5, 0.6) is 0 Å². The Balaban J connectivity index is 0.00000117. The Kier molecular flexibility index (Phi) is 7.69. The van der Waals surface area contributed by atoms with Gasteiger partial charge in [0.25, 0.3) is 0 Å². The summed E-state index contributed by atoms with van der Waals surface area (Å²) in [5.74, 6) is 0. The number of likely N-dealkylation sites (N-methyl/N-ethyl adjacent to an activating group) is 1. The van der Waals surface area contributed by atoms with Crippen molar-refractivity contribution in [2.75, 3.05) is 32.0 Å². The molecule has 4 nitrogen and oxygen atoms in total. The van der Waals surface area contributed by atoms with Crippen molar-refractivity contribution in [2.45, 2.75) is 37.1 Å². The lowest BCUT2D eigenvalue weighted by Gasteiger charge is -2.26. The molecule has 0 saturated heterocycles. The molecule has 3 N–H and O–H groups in total. The number of fused-ring (bicyclic) bond motifs is 2. The molecule has 0 radical (unpaired) electrons. The lowest BCUT2D eigenvalue weighted by atomic mass is 9.96. The summed E-state index contributed by atoms with van der Waals surface area (Å²) >= 11 is 1.76. The van der Waals surface area contributed by atoms with Gasteiger partial charge in [0.05, 0.1) is 0 Å². The van der Waals surface area contributed by atoms with Gasteiger partial charge in [-0.25, -0.2) is 0 Å². The number of aromatic nitrogens is 1. The minimum Gasteiger partial charge on any atom is -0.383 e. The van der Waals surface area contributed by atoms with E-state index in [9.17, 15) is 0 Å². The van der Waals surface area contributed by atoms with E-state index in [1.165, 1.54) is 15.4 Å². The van der Waals surface area contributed by atoms with E-state index in [0.717, 1.165) is 42.0 Å². The lowest BCUT2D eigenvalue weighted by Crippen LogP contribution is -2.25. The fraction of sp³-hybridized carbons (Fsp3) is 0.381. The molecule has 0 unspecified atom stereocenters. The zero-order chi connectivity index (χ0) is 19.1. The summed E-state index contributed by atoms with van der Waals surface area (Å²) in [4.78, 5) is 8.96. The molecule has 140 valence electrons. The maximum atomic E-state index is 5.96. The van der Waals surface area contributed by atoms with Gasteiger partial charge in [0.1, 0.15) is 0 Å². The van der Waals surface area contributed by atoms with Gasteiger partial charge < -0.3 is 16.0 Å². The van der Waals surface area contributed by atoms with Gasteiger partial charge >= 0.3 is 0 Å². The summed E-state index contributed by atoms with van der Waals surface area (Å²) < 4.78 is 0. The Hall–Kier alpha value is -1.82. The van der Waals surface area contributed by atoms with Crippen molar-refractivity contribution < 1.29 is 0 Å². The first-order valence-electron chi connectivity index (χ1n) is 9.25. The zero-order valence-electron chi connectivity index (χ0n) is 16.3. The highest BCUT2D eigenvalue weighted by Gasteiger charge is 2.24. The van der Waals surface area contributed by atoms with Gasteiger partial charge in [0.2, 0.25) is 0 Å². The van der Waals surface area contributed by atoms with Gasteiger partial charge in [-0.1, -0.05) is 45.2 Å². The minimum atomic E-state index is 0.530. The van der Waals surface area contributed by atoms with Crippen LogP contribution in [-0.2, 0) is 6.54 Å². The third kappa shape index (κ3) is 4.29. The second kappa shape index (κ2) is 9.76. The Morgan fingerprint density at radius 1 is 1.27 bits per heavy atom. The van der Waals surface area contributed by atoms with E-state index >= 15 is 0 Å². The molecule has 2 aromatic rings. The Bertz CT molecular complexity index is 758. The number of anilines is 1. The number of rotatable bonds is 6. The van der Waals surface area contributed by atoms with E-state index in [4.69, 9.17) is 5.73 Å². The first-order chi connectivity index (χ1) is 12.7. The number of nitrogens with zero attached hydrogens (tertiary/aromatic N) is 2. The highest BCUT2D eigenvalue weighted by molar-refractivity contribution is 7.99. The van der Waals surface area contributed by atoms with Gasteiger partial charge in [-0.2, -0.15) is 0 Å². The summed E-state index contributed by atoms with van der Waals surface area (Å²) in [7, 11) is 2.13. The maximum Gasteiger partial charge on any atom is 0.0432 e. The molecular formula is C21H30N4S. The summed E-state index contributed by atoms with van der Waals surface area (Å²) in [6.45, 7) is 14.0. The number of hydrogen-bond acceptors (Lipinski definition) is 5. The first kappa shape index (κ1) is 20.5. The second-order valence-electron chi connectivity index (χ2n) is 5.96. The predicted octanol–water partition coefficient (Wildman–Crippen LogP) is 4.46. The van der Waals surface area contributed by atoms with E-state index < -0.39 is 0 Å². The number of benzene rings is 1. The van der Waals surface area contributed by atoms with E-state index in [2.05, 4.69) is 47.9 Å². The van der Waals surface area contributed by atoms with Crippen LogP contribution in [0.2, 0.25) is 0 Å². The molecule has 0 amide bonds. The van der Waals surface area contributed by atoms with Crippen molar-refractivity contribution in [3.05, 3.63) is 53.9 Å². The van der Waals surface area contributed by atoms with Crippen molar-refractivity contribution in [2.24, 2.45) is 5.73 Å². The van der Waals surface area contributed by atoms with E-state index in [-0.39, 0.29) is 0 Å². The monoisotopic (exact) mass is 370 g/mol. The van der Waals surface area contributed by atoms with Crippen molar-refractivity contribution in [1.29, 1.82) is 0 Å². The standard InChI is InChI=1S/C19H24N4S.C2H6/c1-4-23(3)10-9-22-16-6-5-14(11-20)19-18(16)13(2)15-12-21-8-7-17(15)24-19;1-2/h5-8,12,22H,2,4,9-11,20H2,1,3H3;1-2H3. The van der Waals surface area contributed by atoms with Gasteiger partial charge in [-0.05, 0) is 36.9 Å². The van der Waals surface area contributed by atoms with Crippen molar-refractivity contribution in [3.63, 3.8) is 0 Å². The smallest absolute Gasteiger partial charge is 0.0432 e. The molecule has 0 spiro atoms. The highest BCUT2D eigenvalue weighted by Crippen LogP contribution is 2.48. The molecule has 3 rings (SSSR count). The average molecular weight is 371 g/mol. The van der Waals surface area contributed by atoms with Crippen LogP contribution in [-0.4, -0.2) is 36.6 Å². The predicted molar refractivity (Wildman–Crippen MR) is 114 cm³/mol. The third-order valence-corrected chi connectivity index (χ3v) is 5.67. The SMILES string of the molecule is C=C1c2cnccc2Sc2c(CN)ccc(NCCN(C)CC)c21.CC. The summed E-state index contributed by atoms with van der Waals surface area (Å²) in [5.41, 5.74) is 11.6. The van der Waals surface area contributed by atoms with Gasteiger partial charge in [-0.15, -0.1) is 0 Å². The Labute approximate surface area is 161 Å². The third-order valence-electron chi connectivity index (χ3n) is 4.43. The molecule has 1 aliphatic rings. The van der Waals surface area contributed by atoms with Gasteiger partial charge in [0, 0.05) is 58.6 Å². The molecule has 2 heterocycles. The number of pyridine rings is 1. The molecule has 1 aromatic heterocycles. The number of nitrogens with two attached hydrogens (primary N) is 1. The van der Waals surface area contributed by atoms with Crippen molar-refractivity contribution in [3.8, 4) is 0 Å². The van der Waals surface area contributed by atoms with Crippen LogP contribution >= 0.6 is 11.8 Å². The molecule has 0 bridgehead atoms. The molecule has 1 aromatic carbocycles. The quantitative estimate of drug-likeness (QED) is 0.671. The van der Waals surface area contributed by atoms with Crippen LogP contribution in [0, 0.1) is 0 Å². The van der Waals surface area contributed by atoms with Gasteiger partial charge in [0.15, 0.2) is 0 Å². The molecule has 26 heavy (non-hydrogen) atoms. The van der Waals surface area contributed by atoms with Gasteiger partial charge in [-0.3, -0.25) is 4.98 Å². The first-order valence-corrected chi connectivity index (χ1v) is 10.1. The molecule has 0 fully saturated rings.